The summed E-state index contributed by atoms with van der Waals surface area (Å²) >= 11 is 9.08. The average molecular weight is 305 g/mol. The van der Waals surface area contributed by atoms with Gasteiger partial charge < -0.3 is 10.1 Å². The second-order valence-corrected chi connectivity index (χ2v) is 4.58. The van der Waals surface area contributed by atoms with E-state index in [2.05, 4.69) is 21.2 Å². The third-order valence-electron chi connectivity index (χ3n) is 2.05. The van der Waals surface area contributed by atoms with Gasteiger partial charge >= 0.3 is 0 Å². The molecule has 2 nitrogen and oxygen atoms in total. The van der Waals surface area contributed by atoms with Crippen molar-refractivity contribution in [1.82, 2.24) is 5.32 Å². The average Bonchev–Trinajstić information content (AvgIpc) is 2.28. The Balaban J connectivity index is 2.83. The molecular formula is C12H15BrClNO. The first-order valence-electron chi connectivity index (χ1n) is 4.99. The summed E-state index contributed by atoms with van der Waals surface area (Å²) in [6, 6.07) is 6.00. The summed E-state index contributed by atoms with van der Waals surface area (Å²) in [6.45, 7) is 3.21. The topological polar surface area (TPSA) is 21.3 Å². The van der Waals surface area contributed by atoms with E-state index < -0.39 is 0 Å². The number of halogens is 2. The monoisotopic (exact) mass is 303 g/mol. The molecule has 0 aromatic heterocycles. The Morgan fingerprint density at radius 1 is 1.56 bits per heavy atom. The van der Waals surface area contributed by atoms with Crippen LogP contribution in [0.5, 0.6) is 5.75 Å². The van der Waals surface area contributed by atoms with E-state index in [1.54, 1.807) is 0 Å². The van der Waals surface area contributed by atoms with E-state index in [0.717, 1.165) is 27.9 Å². The zero-order valence-electron chi connectivity index (χ0n) is 9.39. The van der Waals surface area contributed by atoms with Crippen LogP contribution in [0.1, 0.15) is 12.5 Å². The molecule has 16 heavy (non-hydrogen) atoms. The van der Waals surface area contributed by atoms with Gasteiger partial charge in [0.25, 0.3) is 0 Å². The number of nitrogens with one attached hydrogen (secondary N) is 1. The van der Waals surface area contributed by atoms with Crippen LogP contribution in [0.25, 0.3) is 0 Å². The van der Waals surface area contributed by atoms with Gasteiger partial charge in [-0.05, 0) is 41.5 Å². The highest BCUT2D eigenvalue weighted by Crippen LogP contribution is 2.29. The Morgan fingerprint density at radius 3 is 2.94 bits per heavy atom. The molecule has 0 bridgehead atoms. The summed E-state index contributed by atoms with van der Waals surface area (Å²) in [7, 11) is 1.91. The highest BCUT2D eigenvalue weighted by Gasteiger charge is 2.07. The van der Waals surface area contributed by atoms with Crippen molar-refractivity contribution in [2.45, 2.75) is 13.5 Å². The zero-order chi connectivity index (χ0) is 12.0. The quantitative estimate of drug-likeness (QED) is 0.896. The number of para-hydroxylation sites is 1. The Bertz CT molecular complexity index is 379. The molecule has 1 rings (SSSR count). The van der Waals surface area contributed by atoms with E-state index in [0.29, 0.717) is 6.61 Å². The largest absolute Gasteiger partial charge is 0.488 e. The third-order valence-corrected chi connectivity index (χ3v) is 3.04. The van der Waals surface area contributed by atoms with E-state index in [4.69, 9.17) is 16.3 Å². The van der Waals surface area contributed by atoms with Gasteiger partial charge in [-0.25, -0.2) is 0 Å². The maximum absolute atomic E-state index is 5.73. The van der Waals surface area contributed by atoms with Crippen LogP contribution in [0.15, 0.2) is 33.8 Å². The molecule has 1 N–H and O–H groups in total. The zero-order valence-corrected chi connectivity index (χ0v) is 11.7. The molecule has 0 amide bonds. The van der Waals surface area contributed by atoms with Crippen molar-refractivity contribution >= 4 is 27.5 Å². The van der Waals surface area contributed by atoms with Crippen molar-refractivity contribution in [1.29, 1.82) is 0 Å². The van der Waals surface area contributed by atoms with Crippen LogP contribution in [0.3, 0.4) is 0 Å². The number of benzene rings is 1. The smallest absolute Gasteiger partial charge is 0.138 e. The summed E-state index contributed by atoms with van der Waals surface area (Å²) in [4.78, 5) is 0. The van der Waals surface area contributed by atoms with Crippen LogP contribution in [0.4, 0.5) is 0 Å². The van der Waals surface area contributed by atoms with E-state index in [1.807, 2.05) is 32.2 Å². The van der Waals surface area contributed by atoms with Gasteiger partial charge in [0.1, 0.15) is 12.4 Å². The summed E-state index contributed by atoms with van der Waals surface area (Å²) in [5, 5.41) is 3.11. The molecule has 0 saturated carbocycles. The second kappa shape index (κ2) is 6.94. The molecule has 0 fully saturated rings. The SMILES string of the molecule is CNCc1cccc(Br)c1OC/C(C)=C/Cl. The molecule has 0 unspecified atom stereocenters. The van der Waals surface area contributed by atoms with Gasteiger partial charge in [-0.2, -0.15) is 0 Å². The molecule has 1 aromatic carbocycles. The maximum atomic E-state index is 5.73. The molecular weight excluding hydrogens is 289 g/mol. The lowest BCUT2D eigenvalue weighted by molar-refractivity contribution is 0.345. The lowest BCUT2D eigenvalue weighted by atomic mass is 10.2. The van der Waals surface area contributed by atoms with Gasteiger partial charge in [0.2, 0.25) is 0 Å². The molecule has 88 valence electrons. The van der Waals surface area contributed by atoms with Crippen LogP contribution in [0.2, 0.25) is 0 Å². The van der Waals surface area contributed by atoms with Crippen LogP contribution >= 0.6 is 27.5 Å². The van der Waals surface area contributed by atoms with Crippen LogP contribution < -0.4 is 10.1 Å². The lowest BCUT2D eigenvalue weighted by Gasteiger charge is -2.13. The number of hydrogen-bond acceptors (Lipinski definition) is 2. The molecule has 0 atom stereocenters. The van der Waals surface area contributed by atoms with E-state index >= 15 is 0 Å². The lowest BCUT2D eigenvalue weighted by Crippen LogP contribution is -2.08. The molecule has 0 heterocycles. The fourth-order valence-corrected chi connectivity index (χ4v) is 1.85. The summed E-state index contributed by atoms with van der Waals surface area (Å²) in [6.07, 6.45) is 0. The van der Waals surface area contributed by atoms with Crippen molar-refractivity contribution in [2.24, 2.45) is 0 Å². The normalized spacial score (nSPS) is 11.6. The third kappa shape index (κ3) is 3.81. The number of rotatable bonds is 5. The van der Waals surface area contributed by atoms with Gasteiger partial charge in [0.05, 0.1) is 4.47 Å². The molecule has 0 radical (unpaired) electrons. The molecule has 0 aliphatic rings. The standard InChI is InChI=1S/C12H15BrClNO/c1-9(6-14)8-16-12-10(7-15-2)4-3-5-11(12)13/h3-6,15H,7-8H2,1-2H3/b9-6+. The van der Waals surface area contributed by atoms with Gasteiger partial charge in [-0.1, -0.05) is 23.7 Å². The van der Waals surface area contributed by atoms with E-state index in [-0.39, 0.29) is 0 Å². The first-order valence-corrected chi connectivity index (χ1v) is 6.22. The predicted molar refractivity (Wildman–Crippen MR) is 72.0 cm³/mol. The molecule has 0 aliphatic heterocycles. The van der Waals surface area contributed by atoms with Gasteiger partial charge in [0.15, 0.2) is 0 Å². The van der Waals surface area contributed by atoms with Crippen molar-refractivity contribution in [3.8, 4) is 5.75 Å². The van der Waals surface area contributed by atoms with Crippen LogP contribution in [-0.4, -0.2) is 13.7 Å². The Hall–Kier alpha value is -0.510. The fourth-order valence-electron chi connectivity index (χ4n) is 1.26. The minimum absolute atomic E-state index is 0.503. The fraction of sp³-hybridized carbons (Fsp3) is 0.333. The van der Waals surface area contributed by atoms with E-state index in [9.17, 15) is 0 Å². The Morgan fingerprint density at radius 2 is 2.31 bits per heavy atom. The summed E-state index contributed by atoms with van der Waals surface area (Å²) in [5.41, 5.74) is 3.65. The van der Waals surface area contributed by atoms with Crippen LogP contribution in [-0.2, 0) is 6.54 Å². The maximum Gasteiger partial charge on any atom is 0.138 e. The Labute approximate surface area is 110 Å². The van der Waals surface area contributed by atoms with Crippen LogP contribution in [0, 0.1) is 0 Å². The Kier molecular flexibility index (Phi) is 5.88. The van der Waals surface area contributed by atoms with Crippen molar-refractivity contribution in [3.63, 3.8) is 0 Å². The predicted octanol–water partition coefficient (Wildman–Crippen LogP) is 3.69. The molecule has 1 aromatic rings. The minimum Gasteiger partial charge on any atom is -0.488 e. The first kappa shape index (κ1) is 13.6. The molecule has 0 aliphatic carbocycles. The van der Waals surface area contributed by atoms with Crippen molar-refractivity contribution in [2.75, 3.05) is 13.7 Å². The van der Waals surface area contributed by atoms with Gasteiger partial charge in [-0.15, -0.1) is 0 Å². The highest BCUT2D eigenvalue weighted by atomic mass is 79.9. The van der Waals surface area contributed by atoms with Gasteiger partial charge in [-0.3, -0.25) is 0 Å². The highest BCUT2D eigenvalue weighted by molar-refractivity contribution is 9.10. The number of hydrogen-bond donors (Lipinski definition) is 1. The first-order chi connectivity index (χ1) is 7.69. The molecule has 4 heteroatoms. The van der Waals surface area contributed by atoms with Crippen molar-refractivity contribution < 1.29 is 4.74 Å². The van der Waals surface area contributed by atoms with Crippen molar-refractivity contribution in [3.05, 3.63) is 39.3 Å². The minimum atomic E-state index is 0.503. The molecule has 0 saturated heterocycles. The van der Waals surface area contributed by atoms with Gasteiger partial charge in [0, 0.05) is 17.6 Å². The molecule has 0 spiro atoms. The van der Waals surface area contributed by atoms with E-state index in [1.165, 1.54) is 5.54 Å². The number of ether oxygens (including phenoxy) is 1. The summed E-state index contributed by atoms with van der Waals surface area (Å²) < 4.78 is 6.69. The second-order valence-electron chi connectivity index (χ2n) is 3.50. The summed E-state index contributed by atoms with van der Waals surface area (Å²) in [5.74, 6) is 0.870.